The van der Waals surface area contributed by atoms with Gasteiger partial charge in [0.05, 0.1) is 11.0 Å². The maximum atomic E-state index is 13.1. The fraction of sp³-hybridized carbons (Fsp3) is 0.250. The lowest BCUT2D eigenvalue weighted by atomic mass is 10.1. The average molecular weight is 338 g/mol. The summed E-state index contributed by atoms with van der Waals surface area (Å²) in [5.74, 6) is -0.632. The van der Waals surface area contributed by atoms with Gasteiger partial charge in [-0.2, -0.15) is 0 Å². The van der Waals surface area contributed by atoms with Crippen molar-refractivity contribution in [2.24, 2.45) is 0 Å². The Morgan fingerprint density at radius 3 is 2.39 bits per heavy atom. The lowest BCUT2D eigenvalue weighted by Crippen LogP contribution is -2.28. The van der Waals surface area contributed by atoms with Crippen LogP contribution in [-0.4, -0.2) is 34.2 Å². The minimum atomic E-state index is -3.87. The molecule has 124 valence electrons. The molecule has 0 aliphatic rings. The number of aliphatic hydroxyl groups is 1. The van der Waals surface area contributed by atoms with Gasteiger partial charge in [-0.05, 0) is 35.9 Å². The van der Waals surface area contributed by atoms with E-state index in [0.29, 0.717) is 5.56 Å². The third-order valence-electron chi connectivity index (χ3n) is 3.37. The van der Waals surface area contributed by atoms with Crippen molar-refractivity contribution in [2.75, 3.05) is 25.5 Å². The summed E-state index contributed by atoms with van der Waals surface area (Å²) in [6.07, 6.45) is -0.991. The predicted octanol–water partition coefficient (Wildman–Crippen LogP) is 1.90. The van der Waals surface area contributed by atoms with E-state index >= 15 is 0 Å². The first-order chi connectivity index (χ1) is 10.8. The highest BCUT2D eigenvalue weighted by molar-refractivity contribution is 7.89. The third-order valence-corrected chi connectivity index (χ3v) is 4.79. The Kier molecular flexibility index (Phi) is 5.35. The van der Waals surface area contributed by atoms with Crippen LogP contribution in [0.15, 0.2) is 53.4 Å². The van der Waals surface area contributed by atoms with Gasteiger partial charge >= 0.3 is 0 Å². The topological polar surface area (TPSA) is 69.6 Å². The van der Waals surface area contributed by atoms with Crippen molar-refractivity contribution in [3.63, 3.8) is 0 Å². The Morgan fingerprint density at radius 1 is 1.17 bits per heavy atom. The van der Waals surface area contributed by atoms with Crippen LogP contribution in [0.2, 0.25) is 0 Å². The molecule has 7 heteroatoms. The van der Waals surface area contributed by atoms with Crippen LogP contribution < -0.4 is 9.62 Å². The normalized spacial score (nSPS) is 12.9. The number of rotatable bonds is 6. The summed E-state index contributed by atoms with van der Waals surface area (Å²) in [6.45, 7) is -0.194. The largest absolute Gasteiger partial charge is 0.387 e. The zero-order valence-corrected chi connectivity index (χ0v) is 13.7. The monoisotopic (exact) mass is 338 g/mol. The van der Waals surface area contributed by atoms with E-state index in [2.05, 4.69) is 4.72 Å². The number of aliphatic hydroxyl groups excluding tert-OH is 1. The van der Waals surface area contributed by atoms with Gasteiger partial charge in [-0.3, -0.25) is 0 Å². The molecule has 0 amide bonds. The Morgan fingerprint density at radius 2 is 1.83 bits per heavy atom. The Labute approximate surface area is 135 Å². The average Bonchev–Trinajstić information content (AvgIpc) is 2.53. The molecule has 0 spiro atoms. The number of anilines is 1. The minimum absolute atomic E-state index is 0.173. The lowest BCUT2D eigenvalue weighted by molar-refractivity contribution is 0.182. The minimum Gasteiger partial charge on any atom is -0.387 e. The van der Waals surface area contributed by atoms with E-state index in [4.69, 9.17) is 0 Å². The fourth-order valence-corrected chi connectivity index (χ4v) is 3.09. The molecule has 0 saturated carbocycles. The fourth-order valence-electron chi connectivity index (χ4n) is 2.02. The van der Waals surface area contributed by atoms with E-state index in [-0.39, 0.29) is 11.4 Å². The van der Waals surface area contributed by atoms with Gasteiger partial charge < -0.3 is 10.0 Å². The number of benzene rings is 2. The standard InChI is InChI=1S/C16H19FN2O3S/c1-19(2)14-8-6-12(7-9-14)16(20)11-18-23(21,22)15-5-3-4-13(17)10-15/h3-10,16,18,20H,11H2,1-2H3. The van der Waals surface area contributed by atoms with Crippen molar-refractivity contribution in [1.82, 2.24) is 4.72 Å². The molecule has 1 unspecified atom stereocenters. The summed E-state index contributed by atoms with van der Waals surface area (Å²) in [6, 6.07) is 11.8. The maximum absolute atomic E-state index is 13.1. The Bertz CT molecular complexity index is 761. The number of sulfonamides is 1. The predicted molar refractivity (Wildman–Crippen MR) is 87.3 cm³/mol. The summed E-state index contributed by atoms with van der Waals surface area (Å²) < 4.78 is 39.5. The molecule has 0 heterocycles. The van der Waals surface area contributed by atoms with Crippen molar-refractivity contribution in [2.45, 2.75) is 11.0 Å². The number of halogens is 1. The number of nitrogens with one attached hydrogen (secondary N) is 1. The third kappa shape index (κ3) is 4.51. The van der Waals surface area contributed by atoms with Gasteiger partial charge in [-0.15, -0.1) is 0 Å². The maximum Gasteiger partial charge on any atom is 0.240 e. The van der Waals surface area contributed by atoms with Crippen LogP contribution in [0.25, 0.3) is 0 Å². The molecule has 0 saturated heterocycles. The molecular formula is C16H19FN2O3S. The van der Waals surface area contributed by atoms with Gasteiger partial charge in [0.15, 0.2) is 0 Å². The molecule has 0 aliphatic carbocycles. The highest BCUT2D eigenvalue weighted by atomic mass is 32.2. The van der Waals surface area contributed by atoms with Crippen LogP contribution in [0.1, 0.15) is 11.7 Å². The molecule has 2 aromatic rings. The van der Waals surface area contributed by atoms with E-state index in [0.717, 1.165) is 11.8 Å². The molecule has 5 nitrogen and oxygen atoms in total. The van der Waals surface area contributed by atoms with E-state index < -0.39 is 21.9 Å². The summed E-state index contributed by atoms with van der Waals surface area (Å²) >= 11 is 0. The molecule has 0 radical (unpaired) electrons. The molecule has 1 atom stereocenters. The molecule has 2 rings (SSSR count). The van der Waals surface area contributed by atoms with Crippen molar-refractivity contribution in [1.29, 1.82) is 0 Å². The summed E-state index contributed by atoms with van der Waals surface area (Å²) in [5.41, 5.74) is 1.57. The molecule has 0 bridgehead atoms. The van der Waals surface area contributed by atoms with Gasteiger partial charge in [0, 0.05) is 26.3 Å². The molecule has 0 aliphatic heterocycles. The number of hydrogen-bond acceptors (Lipinski definition) is 4. The van der Waals surface area contributed by atoms with E-state index in [1.165, 1.54) is 18.2 Å². The lowest BCUT2D eigenvalue weighted by Gasteiger charge is -2.16. The van der Waals surface area contributed by atoms with E-state index in [1.807, 2.05) is 31.1 Å². The van der Waals surface area contributed by atoms with Crippen LogP contribution in [-0.2, 0) is 10.0 Å². The Balaban J connectivity index is 2.04. The van der Waals surface area contributed by atoms with Crippen LogP contribution in [0.5, 0.6) is 0 Å². The van der Waals surface area contributed by atoms with Crippen molar-refractivity contribution < 1.29 is 17.9 Å². The first-order valence-corrected chi connectivity index (χ1v) is 8.48. The molecule has 0 aromatic heterocycles. The first kappa shape index (κ1) is 17.4. The molecule has 2 aromatic carbocycles. The highest BCUT2D eigenvalue weighted by Crippen LogP contribution is 2.18. The van der Waals surface area contributed by atoms with Crippen LogP contribution in [0.4, 0.5) is 10.1 Å². The summed E-state index contributed by atoms with van der Waals surface area (Å²) in [7, 11) is -0.0630. The van der Waals surface area contributed by atoms with Gasteiger partial charge in [0.2, 0.25) is 10.0 Å². The van der Waals surface area contributed by atoms with Gasteiger partial charge in [-0.1, -0.05) is 18.2 Å². The van der Waals surface area contributed by atoms with Gasteiger partial charge in [0.25, 0.3) is 0 Å². The summed E-state index contributed by atoms with van der Waals surface area (Å²) in [4.78, 5) is 1.75. The summed E-state index contributed by atoms with van der Waals surface area (Å²) in [5, 5.41) is 10.1. The quantitative estimate of drug-likeness (QED) is 0.844. The van der Waals surface area contributed by atoms with Gasteiger partial charge in [-0.25, -0.2) is 17.5 Å². The molecular weight excluding hydrogens is 319 g/mol. The zero-order chi connectivity index (χ0) is 17.0. The molecule has 0 fully saturated rings. The highest BCUT2D eigenvalue weighted by Gasteiger charge is 2.17. The number of nitrogens with zero attached hydrogens (tertiary/aromatic N) is 1. The molecule has 23 heavy (non-hydrogen) atoms. The van der Waals surface area contributed by atoms with Crippen LogP contribution in [0, 0.1) is 5.82 Å². The van der Waals surface area contributed by atoms with Crippen LogP contribution in [0.3, 0.4) is 0 Å². The second-order valence-electron chi connectivity index (χ2n) is 5.31. The Hall–Kier alpha value is -1.96. The van der Waals surface area contributed by atoms with Crippen molar-refractivity contribution in [3.8, 4) is 0 Å². The number of hydrogen-bond donors (Lipinski definition) is 2. The SMILES string of the molecule is CN(C)c1ccc(C(O)CNS(=O)(=O)c2cccc(F)c2)cc1. The zero-order valence-electron chi connectivity index (χ0n) is 12.9. The van der Waals surface area contributed by atoms with E-state index in [9.17, 15) is 17.9 Å². The van der Waals surface area contributed by atoms with Gasteiger partial charge in [0.1, 0.15) is 5.82 Å². The second kappa shape index (κ2) is 7.08. The van der Waals surface area contributed by atoms with E-state index in [1.54, 1.807) is 12.1 Å². The van der Waals surface area contributed by atoms with Crippen molar-refractivity contribution >= 4 is 15.7 Å². The smallest absolute Gasteiger partial charge is 0.240 e. The second-order valence-corrected chi connectivity index (χ2v) is 7.08. The van der Waals surface area contributed by atoms with Crippen LogP contribution >= 0.6 is 0 Å². The van der Waals surface area contributed by atoms with Crippen molar-refractivity contribution in [3.05, 3.63) is 59.9 Å². The first-order valence-electron chi connectivity index (χ1n) is 7.00. The molecule has 2 N–H and O–H groups in total.